The highest BCUT2D eigenvalue weighted by Crippen LogP contribution is 2.23. The third-order valence-electron chi connectivity index (χ3n) is 2.23. The fourth-order valence-electron chi connectivity index (χ4n) is 0.916. The van der Waals surface area contributed by atoms with E-state index in [1.54, 1.807) is 13.8 Å². The molecule has 0 saturated heterocycles. The highest BCUT2D eigenvalue weighted by molar-refractivity contribution is 4.93. The number of hydrogen-bond acceptors (Lipinski definition) is 4. The van der Waals surface area contributed by atoms with E-state index in [1.807, 2.05) is 6.07 Å². The predicted octanol–water partition coefficient (Wildman–Crippen LogP) is 0.906. The topological polar surface area (TPSA) is 62.5 Å². The van der Waals surface area contributed by atoms with Gasteiger partial charge in [-0.15, -0.1) is 0 Å². The first kappa shape index (κ1) is 12.4. The van der Waals surface area contributed by atoms with Crippen LogP contribution in [0.3, 0.4) is 0 Å². The summed E-state index contributed by atoms with van der Waals surface area (Å²) in [6, 6.07) is 2.00. The zero-order chi connectivity index (χ0) is 10.5. The molecule has 0 heterocycles. The largest absolute Gasteiger partial charge is 0.389 e. The maximum Gasteiger partial charge on any atom is 0.159 e. The standard InChI is InChI=1S/C9H17NO3/c1-7(6-10)9(2,11)5-8(12-3)13-4/h7-8,11H,5H2,1-4H3. The average Bonchev–Trinajstić information content (AvgIpc) is 2.12. The summed E-state index contributed by atoms with van der Waals surface area (Å²) in [7, 11) is 3.00. The molecule has 0 aromatic carbocycles. The van der Waals surface area contributed by atoms with Gasteiger partial charge in [0.05, 0.1) is 17.6 Å². The zero-order valence-electron chi connectivity index (χ0n) is 8.57. The second kappa shape index (κ2) is 5.18. The number of hydrogen-bond donors (Lipinski definition) is 1. The molecule has 0 aliphatic carbocycles. The van der Waals surface area contributed by atoms with E-state index in [9.17, 15) is 5.11 Å². The molecule has 0 spiro atoms. The molecule has 13 heavy (non-hydrogen) atoms. The van der Waals surface area contributed by atoms with Gasteiger partial charge in [-0.05, 0) is 13.8 Å². The minimum absolute atomic E-state index is 0.286. The molecule has 0 bridgehead atoms. The Labute approximate surface area is 79.1 Å². The quantitative estimate of drug-likeness (QED) is 0.650. The van der Waals surface area contributed by atoms with Crippen LogP contribution < -0.4 is 0 Å². The van der Waals surface area contributed by atoms with Gasteiger partial charge < -0.3 is 14.6 Å². The number of ether oxygens (including phenoxy) is 2. The molecule has 0 saturated carbocycles. The Balaban J connectivity index is 4.23. The Hall–Kier alpha value is -0.630. The summed E-state index contributed by atoms with van der Waals surface area (Å²) in [5.74, 6) is -0.444. The van der Waals surface area contributed by atoms with Crippen LogP contribution in [-0.2, 0) is 9.47 Å². The fourth-order valence-corrected chi connectivity index (χ4v) is 0.916. The van der Waals surface area contributed by atoms with Gasteiger partial charge in [0, 0.05) is 20.6 Å². The van der Waals surface area contributed by atoms with Crippen molar-refractivity contribution in [2.24, 2.45) is 5.92 Å². The molecule has 0 aliphatic rings. The maximum absolute atomic E-state index is 9.83. The third kappa shape index (κ3) is 3.73. The Bertz CT molecular complexity index is 182. The lowest BCUT2D eigenvalue weighted by Gasteiger charge is -2.28. The van der Waals surface area contributed by atoms with E-state index in [1.165, 1.54) is 14.2 Å². The van der Waals surface area contributed by atoms with Crippen LogP contribution in [-0.4, -0.2) is 31.2 Å². The Morgan fingerprint density at radius 3 is 2.23 bits per heavy atom. The van der Waals surface area contributed by atoms with Gasteiger partial charge in [-0.25, -0.2) is 0 Å². The molecule has 0 rings (SSSR count). The first-order valence-electron chi connectivity index (χ1n) is 4.15. The number of aliphatic hydroxyl groups is 1. The third-order valence-corrected chi connectivity index (χ3v) is 2.23. The van der Waals surface area contributed by atoms with Gasteiger partial charge in [-0.2, -0.15) is 5.26 Å². The van der Waals surface area contributed by atoms with Crippen molar-refractivity contribution in [2.45, 2.75) is 32.2 Å². The zero-order valence-corrected chi connectivity index (χ0v) is 8.57. The Morgan fingerprint density at radius 1 is 1.46 bits per heavy atom. The van der Waals surface area contributed by atoms with Crippen LogP contribution in [0.5, 0.6) is 0 Å². The molecule has 1 N–H and O–H groups in total. The molecule has 4 heteroatoms. The van der Waals surface area contributed by atoms with Crippen molar-refractivity contribution in [2.75, 3.05) is 14.2 Å². The lowest BCUT2D eigenvalue weighted by atomic mass is 9.88. The summed E-state index contributed by atoms with van der Waals surface area (Å²) in [5, 5.41) is 18.5. The average molecular weight is 187 g/mol. The van der Waals surface area contributed by atoms with E-state index in [0.717, 1.165) is 0 Å². The van der Waals surface area contributed by atoms with E-state index in [2.05, 4.69) is 0 Å². The summed E-state index contributed by atoms with van der Waals surface area (Å²) in [6.07, 6.45) is -0.180. The van der Waals surface area contributed by atoms with Gasteiger partial charge in [-0.3, -0.25) is 0 Å². The van der Waals surface area contributed by atoms with Crippen LogP contribution in [0.25, 0.3) is 0 Å². The van der Waals surface area contributed by atoms with Crippen molar-refractivity contribution in [3.63, 3.8) is 0 Å². The molecule has 2 atom stereocenters. The van der Waals surface area contributed by atoms with Crippen molar-refractivity contribution in [1.29, 1.82) is 5.26 Å². The van der Waals surface area contributed by atoms with E-state index in [-0.39, 0.29) is 6.42 Å². The van der Waals surface area contributed by atoms with Crippen LogP contribution in [0.2, 0.25) is 0 Å². The first-order chi connectivity index (χ1) is 5.97. The van der Waals surface area contributed by atoms with E-state index < -0.39 is 17.8 Å². The van der Waals surface area contributed by atoms with Crippen LogP contribution >= 0.6 is 0 Å². The highest BCUT2D eigenvalue weighted by atomic mass is 16.7. The molecule has 76 valence electrons. The maximum atomic E-state index is 9.83. The smallest absolute Gasteiger partial charge is 0.159 e. The Morgan fingerprint density at radius 2 is 1.92 bits per heavy atom. The van der Waals surface area contributed by atoms with Crippen LogP contribution in [0, 0.1) is 17.2 Å². The SMILES string of the molecule is COC(CC(C)(O)C(C)C#N)OC. The highest BCUT2D eigenvalue weighted by Gasteiger charge is 2.31. The summed E-state index contributed by atoms with van der Waals surface area (Å²) in [5.41, 5.74) is -1.08. The van der Waals surface area contributed by atoms with Crippen molar-refractivity contribution in [3.8, 4) is 6.07 Å². The van der Waals surface area contributed by atoms with Gasteiger partial charge in [0.2, 0.25) is 0 Å². The number of rotatable bonds is 5. The second-order valence-electron chi connectivity index (χ2n) is 3.31. The predicted molar refractivity (Wildman–Crippen MR) is 47.8 cm³/mol. The van der Waals surface area contributed by atoms with Crippen LogP contribution in [0.1, 0.15) is 20.3 Å². The summed E-state index contributed by atoms with van der Waals surface area (Å²) < 4.78 is 9.88. The molecule has 0 fully saturated rings. The minimum Gasteiger partial charge on any atom is -0.389 e. The molecular formula is C9H17NO3. The molecule has 0 aliphatic heterocycles. The van der Waals surface area contributed by atoms with E-state index >= 15 is 0 Å². The molecule has 2 unspecified atom stereocenters. The number of nitrogens with zero attached hydrogens (tertiary/aromatic N) is 1. The molecule has 4 nitrogen and oxygen atoms in total. The normalized spacial score (nSPS) is 17.9. The number of nitriles is 1. The minimum atomic E-state index is -1.08. The monoisotopic (exact) mass is 187 g/mol. The first-order valence-corrected chi connectivity index (χ1v) is 4.15. The molecule has 0 aromatic rings. The van der Waals surface area contributed by atoms with Gasteiger partial charge in [-0.1, -0.05) is 0 Å². The van der Waals surface area contributed by atoms with Crippen molar-refractivity contribution in [1.82, 2.24) is 0 Å². The summed E-state index contributed by atoms with van der Waals surface area (Å²) >= 11 is 0. The van der Waals surface area contributed by atoms with Gasteiger partial charge >= 0.3 is 0 Å². The van der Waals surface area contributed by atoms with Crippen molar-refractivity contribution in [3.05, 3.63) is 0 Å². The molecular weight excluding hydrogens is 170 g/mol. The summed E-state index contributed by atoms with van der Waals surface area (Å²) in [6.45, 7) is 3.27. The van der Waals surface area contributed by atoms with Gasteiger partial charge in [0.25, 0.3) is 0 Å². The fraction of sp³-hybridized carbons (Fsp3) is 0.889. The summed E-state index contributed by atoms with van der Waals surface area (Å²) in [4.78, 5) is 0. The van der Waals surface area contributed by atoms with Crippen LogP contribution in [0.4, 0.5) is 0 Å². The van der Waals surface area contributed by atoms with Gasteiger partial charge in [0.1, 0.15) is 0 Å². The second-order valence-corrected chi connectivity index (χ2v) is 3.31. The molecule has 0 amide bonds. The van der Waals surface area contributed by atoms with E-state index in [0.29, 0.717) is 0 Å². The van der Waals surface area contributed by atoms with Crippen molar-refractivity contribution >= 4 is 0 Å². The number of methoxy groups -OCH3 is 2. The lowest BCUT2D eigenvalue weighted by Crippen LogP contribution is -2.37. The lowest BCUT2D eigenvalue weighted by molar-refractivity contribution is -0.146. The Kier molecular flexibility index (Phi) is 4.92. The van der Waals surface area contributed by atoms with Gasteiger partial charge in [0.15, 0.2) is 6.29 Å². The molecule has 0 radical (unpaired) electrons. The van der Waals surface area contributed by atoms with Crippen LogP contribution in [0.15, 0.2) is 0 Å². The van der Waals surface area contributed by atoms with E-state index in [4.69, 9.17) is 14.7 Å². The molecule has 0 aromatic heterocycles. The van der Waals surface area contributed by atoms with Crippen molar-refractivity contribution < 1.29 is 14.6 Å².